The molecule has 5 nitrogen and oxygen atoms in total. The zero-order valence-corrected chi connectivity index (χ0v) is 12.4. The van der Waals surface area contributed by atoms with Crippen molar-refractivity contribution in [1.82, 2.24) is 4.90 Å². The van der Waals surface area contributed by atoms with Crippen LogP contribution in [-0.4, -0.2) is 55.1 Å². The molecule has 0 bridgehead atoms. The number of benzene rings is 1. The summed E-state index contributed by atoms with van der Waals surface area (Å²) in [6, 6.07) is 9.14. The highest BCUT2D eigenvalue weighted by Crippen LogP contribution is 2.17. The van der Waals surface area contributed by atoms with Crippen molar-refractivity contribution in [3.8, 4) is 11.8 Å². The monoisotopic (exact) mass is 290 g/mol. The van der Waals surface area contributed by atoms with Crippen LogP contribution in [0.5, 0.6) is 5.75 Å². The molecule has 2 unspecified atom stereocenters. The topological polar surface area (TPSA) is 65.7 Å². The van der Waals surface area contributed by atoms with E-state index >= 15 is 0 Å². The van der Waals surface area contributed by atoms with Crippen LogP contribution in [0.2, 0.25) is 0 Å². The molecular weight excluding hydrogens is 268 g/mol. The molecule has 0 spiro atoms. The third-order valence-electron chi connectivity index (χ3n) is 3.59. The first kappa shape index (κ1) is 15.8. The second-order valence-corrected chi connectivity index (χ2v) is 5.23. The lowest BCUT2D eigenvalue weighted by Crippen LogP contribution is -2.46. The van der Waals surface area contributed by atoms with Crippen LogP contribution in [0.15, 0.2) is 24.3 Å². The Morgan fingerprint density at radius 1 is 1.52 bits per heavy atom. The van der Waals surface area contributed by atoms with Crippen LogP contribution in [0.1, 0.15) is 18.9 Å². The Bertz CT molecular complexity index is 487. The Kier molecular flexibility index (Phi) is 6.00. The highest BCUT2D eigenvalue weighted by atomic mass is 16.5. The van der Waals surface area contributed by atoms with Gasteiger partial charge in [0.15, 0.2) is 0 Å². The summed E-state index contributed by atoms with van der Waals surface area (Å²) in [4.78, 5) is 2.20. The molecule has 1 aliphatic heterocycles. The summed E-state index contributed by atoms with van der Waals surface area (Å²) in [5.74, 6) is 0.521. The average molecular weight is 290 g/mol. The second kappa shape index (κ2) is 7.99. The van der Waals surface area contributed by atoms with Crippen LogP contribution in [-0.2, 0) is 4.74 Å². The van der Waals surface area contributed by atoms with Crippen LogP contribution < -0.4 is 4.74 Å². The molecule has 1 aromatic carbocycles. The van der Waals surface area contributed by atoms with Crippen molar-refractivity contribution in [2.75, 3.05) is 32.8 Å². The van der Waals surface area contributed by atoms with Crippen molar-refractivity contribution in [3.05, 3.63) is 29.8 Å². The molecule has 21 heavy (non-hydrogen) atoms. The molecule has 2 rings (SSSR count). The lowest BCUT2D eigenvalue weighted by Gasteiger charge is -2.33. The first-order valence-electron chi connectivity index (χ1n) is 7.37. The number of hydrogen-bond donors (Lipinski definition) is 1. The van der Waals surface area contributed by atoms with Crippen LogP contribution in [0.4, 0.5) is 0 Å². The minimum Gasteiger partial charge on any atom is -0.489 e. The number of morpholine rings is 1. The highest BCUT2D eigenvalue weighted by Gasteiger charge is 2.21. The van der Waals surface area contributed by atoms with Crippen LogP contribution in [0.25, 0.3) is 0 Å². The normalized spacial score (nSPS) is 20.7. The molecular formula is C16H22N2O3. The number of ether oxygens (including phenoxy) is 2. The summed E-state index contributed by atoms with van der Waals surface area (Å²) in [6.07, 6.45) is 0.664. The molecule has 0 aliphatic carbocycles. The van der Waals surface area contributed by atoms with Gasteiger partial charge in [-0.05, 0) is 18.6 Å². The molecule has 1 N–H and O–H groups in total. The van der Waals surface area contributed by atoms with Crippen molar-refractivity contribution in [1.29, 1.82) is 5.26 Å². The van der Waals surface area contributed by atoms with E-state index in [4.69, 9.17) is 14.7 Å². The van der Waals surface area contributed by atoms with E-state index in [0.29, 0.717) is 24.5 Å². The molecule has 1 fully saturated rings. The van der Waals surface area contributed by atoms with Gasteiger partial charge in [-0.25, -0.2) is 0 Å². The van der Waals surface area contributed by atoms with Gasteiger partial charge in [0.1, 0.15) is 24.5 Å². The molecule has 0 aromatic heterocycles. The van der Waals surface area contributed by atoms with E-state index in [0.717, 1.165) is 19.5 Å². The maximum absolute atomic E-state index is 10.1. The van der Waals surface area contributed by atoms with E-state index < -0.39 is 6.10 Å². The Labute approximate surface area is 125 Å². The van der Waals surface area contributed by atoms with E-state index in [1.165, 1.54) is 0 Å². The Balaban J connectivity index is 1.79. The number of hydrogen-bond acceptors (Lipinski definition) is 5. The molecule has 0 amide bonds. The standard InChI is InChI=1S/C16H22N2O3/c1-2-15-11-18(7-8-20-15)10-14(19)12-21-16-6-4-3-5-13(16)9-17/h3-6,14-15,19H,2,7-8,10-12H2,1H3. The first-order valence-corrected chi connectivity index (χ1v) is 7.37. The minimum atomic E-state index is -0.577. The summed E-state index contributed by atoms with van der Waals surface area (Å²) >= 11 is 0. The van der Waals surface area contributed by atoms with Gasteiger partial charge in [0.25, 0.3) is 0 Å². The predicted molar refractivity (Wildman–Crippen MR) is 79.1 cm³/mol. The van der Waals surface area contributed by atoms with Crippen molar-refractivity contribution in [3.63, 3.8) is 0 Å². The quantitative estimate of drug-likeness (QED) is 0.858. The fraction of sp³-hybridized carbons (Fsp3) is 0.562. The van der Waals surface area contributed by atoms with Gasteiger partial charge in [0.05, 0.1) is 18.3 Å². The predicted octanol–water partition coefficient (Wildman–Crippen LogP) is 1.41. The van der Waals surface area contributed by atoms with Crippen molar-refractivity contribution in [2.24, 2.45) is 0 Å². The Morgan fingerprint density at radius 2 is 2.33 bits per heavy atom. The lowest BCUT2D eigenvalue weighted by molar-refractivity contribution is -0.0453. The van der Waals surface area contributed by atoms with Gasteiger partial charge >= 0.3 is 0 Å². The van der Waals surface area contributed by atoms with Gasteiger partial charge < -0.3 is 14.6 Å². The van der Waals surface area contributed by atoms with E-state index in [-0.39, 0.29) is 12.7 Å². The van der Waals surface area contributed by atoms with Crippen molar-refractivity contribution >= 4 is 0 Å². The summed E-state index contributed by atoms with van der Waals surface area (Å²) in [6.45, 7) is 5.25. The minimum absolute atomic E-state index is 0.187. The van der Waals surface area contributed by atoms with E-state index in [1.807, 2.05) is 6.07 Å². The molecule has 1 aromatic rings. The van der Waals surface area contributed by atoms with E-state index in [9.17, 15) is 5.11 Å². The summed E-state index contributed by atoms with van der Waals surface area (Å²) in [7, 11) is 0. The molecule has 1 aliphatic rings. The molecule has 0 radical (unpaired) electrons. The van der Waals surface area contributed by atoms with Gasteiger partial charge in [0, 0.05) is 19.6 Å². The maximum atomic E-state index is 10.1. The van der Waals surface area contributed by atoms with E-state index in [2.05, 4.69) is 17.9 Å². The third kappa shape index (κ3) is 4.71. The molecule has 1 heterocycles. The molecule has 0 saturated carbocycles. The fourth-order valence-corrected chi connectivity index (χ4v) is 2.41. The number of aliphatic hydroxyl groups is 1. The summed E-state index contributed by atoms with van der Waals surface area (Å²) in [5, 5.41) is 19.1. The second-order valence-electron chi connectivity index (χ2n) is 5.23. The van der Waals surface area contributed by atoms with Crippen LogP contribution >= 0.6 is 0 Å². The van der Waals surface area contributed by atoms with Gasteiger partial charge in [-0.15, -0.1) is 0 Å². The Morgan fingerprint density at radius 3 is 3.10 bits per heavy atom. The Hall–Kier alpha value is -1.61. The zero-order valence-electron chi connectivity index (χ0n) is 12.4. The number of nitriles is 1. The van der Waals surface area contributed by atoms with Crippen molar-refractivity contribution in [2.45, 2.75) is 25.6 Å². The number of β-amino-alcohol motifs (C(OH)–C–C–N with tert-alkyl or cyclic N) is 1. The SMILES string of the molecule is CCC1CN(CC(O)COc2ccccc2C#N)CCO1. The zero-order chi connectivity index (χ0) is 15.1. The van der Waals surface area contributed by atoms with E-state index in [1.54, 1.807) is 18.2 Å². The number of nitrogens with zero attached hydrogens (tertiary/aromatic N) is 2. The first-order chi connectivity index (χ1) is 10.2. The molecule has 1 saturated heterocycles. The number of para-hydroxylation sites is 1. The molecule has 114 valence electrons. The summed E-state index contributed by atoms with van der Waals surface area (Å²) < 4.78 is 11.2. The maximum Gasteiger partial charge on any atom is 0.137 e. The largest absolute Gasteiger partial charge is 0.489 e. The summed E-state index contributed by atoms with van der Waals surface area (Å²) in [5.41, 5.74) is 0.488. The molecule has 5 heteroatoms. The number of aliphatic hydroxyl groups excluding tert-OH is 1. The third-order valence-corrected chi connectivity index (χ3v) is 3.59. The number of rotatable bonds is 6. The van der Waals surface area contributed by atoms with Gasteiger partial charge in [0.2, 0.25) is 0 Å². The average Bonchev–Trinajstić information content (AvgIpc) is 2.53. The lowest BCUT2D eigenvalue weighted by atomic mass is 10.2. The van der Waals surface area contributed by atoms with Crippen molar-refractivity contribution < 1.29 is 14.6 Å². The van der Waals surface area contributed by atoms with Gasteiger partial charge in [-0.1, -0.05) is 19.1 Å². The van der Waals surface area contributed by atoms with Crippen LogP contribution in [0.3, 0.4) is 0 Å². The molecule has 2 atom stereocenters. The highest BCUT2D eigenvalue weighted by molar-refractivity contribution is 5.42. The van der Waals surface area contributed by atoms with Crippen LogP contribution in [0, 0.1) is 11.3 Å². The fourth-order valence-electron chi connectivity index (χ4n) is 2.41. The smallest absolute Gasteiger partial charge is 0.137 e. The van der Waals surface area contributed by atoms with Gasteiger partial charge in [-0.3, -0.25) is 4.90 Å². The van der Waals surface area contributed by atoms with Gasteiger partial charge in [-0.2, -0.15) is 5.26 Å².